The molecule has 1 fully saturated rings. The Morgan fingerprint density at radius 2 is 1.59 bits per heavy atom. The fraction of sp³-hybridized carbons (Fsp3) is 0.818. The molecule has 1 saturated heterocycles. The van der Waals surface area contributed by atoms with Gasteiger partial charge < -0.3 is 14.6 Å². The Morgan fingerprint density at radius 1 is 1.04 bits per heavy atom. The van der Waals surface area contributed by atoms with Gasteiger partial charge in [-0.05, 0) is 12.5 Å². The molecule has 0 aromatic heterocycles. The first-order valence-electron chi connectivity index (χ1n) is 10.8. The van der Waals surface area contributed by atoms with Crippen molar-refractivity contribution in [2.24, 2.45) is 0 Å². The lowest BCUT2D eigenvalue weighted by Gasteiger charge is -2.20. The highest BCUT2D eigenvalue weighted by atomic mass is 16.6. The molecule has 0 bridgehead atoms. The van der Waals surface area contributed by atoms with E-state index in [1.165, 1.54) is 76.4 Å². The zero-order chi connectivity index (χ0) is 19.8. The van der Waals surface area contributed by atoms with Crippen LogP contribution in [0.25, 0.3) is 0 Å². The van der Waals surface area contributed by atoms with Crippen molar-refractivity contribution in [3.05, 3.63) is 12.2 Å². The number of hydrogen-bond donors (Lipinski definition) is 1. The van der Waals surface area contributed by atoms with Gasteiger partial charge in [0.15, 0.2) is 5.60 Å². The van der Waals surface area contributed by atoms with Gasteiger partial charge in [0.05, 0.1) is 13.2 Å². The number of cyclic esters (lactones) is 1. The molecule has 1 aliphatic heterocycles. The van der Waals surface area contributed by atoms with E-state index in [0.717, 1.165) is 12.8 Å². The average Bonchev–Trinajstić information content (AvgIpc) is 3.05. The van der Waals surface area contributed by atoms with Gasteiger partial charge in [-0.3, -0.25) is 4.79 Å². The lowest BCUT2D eigenvalue weighted by atomic mass is 10.0. The van der Waals surface area contributed by atoms with Crippen LogP contribution in [-0.4, -0.2) is 35.9 Å². The fourth-order valence-corrected chi connectivity index (χ4v) is 3.31. The fourth-order valence-electron chi connectivity index (χ4n) is 3.31. The quantitative estimate of drug-likeness (QED) is 0.235. The predicted octanol–water partition coefficient (Wildman–Crippen LogP) is 4.86. The largest absolute Gasteiger partial charge is 0.463 e. The van der Waals surface area contributed by atoms with E-state index in [-0.39, 0.29) is 19.0 Å². The van der Waals surface area contributed by atoms with Crippen LogP contribution in [0.3, 0.4) is 0 Å². The number of aliphatic hydroxyl groups excluding tert-OH is 1. The van der Waals surface area contributed by atoms with E-state index in [9.17, 15) is 14.7 Å². The summed E-state index contributed by atoms with van der Waals surface area (Å²) in [7, 11) is 0. The molecular weight excluding hydrogens is 344 g/mol. The average molecular weight is 383 g/mol. The standard InChI is InChI=1S/C22H38O5/c1-2-3-4-5-6-7-8-9-10-11-12-13-18-26-20(24)14-16-22(19-23)17-15-21(25)27-22/h14,16,23H,2-13,15,17-19H2,1H3/b16-14+/t22-/m1/s1. The van der Waals surface area contributed by atoms with E-state index >= 15 is 0 Å². The third kappa shape index (κ3) is 11.2. The molecule has 0 aliphatic carbocycles. The number of carbonyl (C=O) groups is 2. The first kappa shape index (κ1) is 23.7. The summed E-state index contributed by atoms with van der Waals surface area (Å²) in [5.74, 6) is -0.799. The van der Waals surface area contributed by atoms with E-state index in [0.29, 0.717) is 13.0 Å². The van der Waals surface area contributed by atoms with Crippen LogP contribution >= 0.6 is 0 Å². The third-order valence-electron chi connectivity index (χ3n) is 5.10. The Morgan fingerprint density at radius 3 is 2.07 bits per heavy atom. The van der Waals surface area contributed by atoms with Crippen LogP contribution in [0.2, 0.25) is 0 Å². The zero-order valence-electron chi connectivity index (χ0n) is 17.0. The molecule has 27 heavy (non-hydrogen) atoms. The summed E-state index contributed by atoms with van der Waals surface area (Å²) in [5, 5.41) is 9.37. The lowest BCUT2D eigenvalue weighted by Crippen LogP contribution is -2.30. The van der Waals surface area contributed by atoms with Gasteiger partial charge >= 0.3 is 11.9 Å². The maximum atomic E-state index is 11.7. The minimum atomic E-state index is -1.05. The minimum Gasteiger partial charge on any atom is -0.463 e. The Kier molecular flexibility index (Phi) is 12.9. The highest BCUT2D eigenvalue weighted by Crippen LogP contribution is 2.27. The summed E-state index contributed by atoms with van der Waals surface area (Å²) in [6, 6.07) is 0. The highest BCUT2D eigenvalue weighted by Gasteiger charge is 2.37. The predicted molar refractivity (Wildman–Crippen MR) is 106 cm³/mol. The molecule has 0 amide bonds. The molecule has 0 saturated carbocycles. The number of rotatable bonds is 16. The highest BCUT2D eigenvalue weighted by molar-refractivity contribution is 5.82. The Bertz CT molecular complexity index is 446. The molecular formula is C22H38O5. The van der Waals surface area contributed by atoms with Gasteiger partial charge in [-0.1, -0.05) is 77.6 Å². The molecule has 156 valence electrons. The van der Waals surface area contributed by atoms with Gasteiger partial charge in [0.25, 0.3) is 0 Å². The molecule has 1 atom stereocenters. The summed E-state index contributed by atoms with van der Waals surface area (Å²) in [4.78, 5) is 22.9. The molecule has 0 radical (unpaired) electrons. The molecule has 5 nitrogen and oxygen atoms in total. The van der Waals surface area contributed by atoms with E-state index in [4.69, 9.17) is 9.47 Å². The maximum absolute atomic E-state index is 11.7. The topological polar surface area (TPSA) is 72.8 Å². The van der Waals surface area contributed by atoms with E-state index in [1.807, 2.05) is 0 Å². The van der Waals surface area contributed by atoms with Gasteiger partial charge in [-0.15, -0.1) is 0 Å². The second-order valence-corrected chi connectivity index (χ2v) is 7.59. The van der Waals surface area contributed by atoms with Gasteiger partial charge in [0.1, 0.15) is 0 Å². The second-order valence-electron chi connectivity index (χ2n) is 7.59. The molecule has 1 rings (SSSR count). The lowest BCUT2D eigenvalue weighted by molar-refractivity contribution is -0.148. The van der Waals surface area contributed by atoms with Crippen molar-refractivity contribution in [2.75, 3.05) is 13.2 Å². The first-order chi connectivity index (χ1) is 13.1. The summed E-state index contributed by atoms with van der Waals surface area (Å²) < 4.78 is 10.2. The van der Waals surface area contributed by atoms with Crippen molar-refractivity contribution in [1.82, 2.24) is 0 Å². The van der Waals surface area contributed by atoms with Gasteiger partial charge in [-0.2, -0.15) is 0 Å². The van der Waals surface area contributed by atoms with E-state index in [1.54, 1.807) is 0 Å². The maximum Gasteiger partial charge on any atom is 0.330 e. The number of unbranched alkanes of at least 4 members (excludes halogenated alkanes) is 11. The normalized spacial score (nSPS) is 19.6. The molecule has 0 spiro atoms. The van der Waals surface area contributed by atoms with Crippen LogP contribution < -0.4 is 0 Å². The van der Waals surface area contributed by atoms with Crippen LogP contribution in [0, 0.1) is 0 Å². The van der Waals surface area contributed by atoms with Crippen molar-refractivity contribution in [3.8, 4) is 0 Å². The number of aliphatic hydroxyl groups is 1. The molecule has 0 aromatic rings. The van der Waals surface area contributed by atoms with Crippen LogP contribution in [0.5, 0.6) is 0 Å². The van der Waals surface area contributed by atoms with Crippen LogP contribution in [0.1, 0.15) is 96.8 Å². The van der Waals surface area contributed by atoms with Crippen molar-refractivity contribution in [1.29, 1.82) is 0 Å². The van der Waals surface area contributed by atoms with Gasteiger partial charge in [0, 0.05) is 18.9 Å². The second kappa shape index (κ2) is 14.7. The van der Waals surface area contributed by atoms with Crippen LogP contribution in [0.4, 0.5) is 0 Å². The third-order valence-corrected chi connectivity index (χ3v) is 5.10. The Hall–Kier alpha value is -1.36. The number of hydrogen-bond acceptors (Lipinski definition) is 5. The minimum absolute atomic E-state index is 0.263. The molecule has 0 aromatic carbocycles. The summed E-state index contributed by atoms with van der Waals surface area (Å²) in [6.07, 6.45) is 18.6. The molecule has 1 aliphatic rings. The smallest absolute Gasteiger partial charge is 0.330 e. The van der Waals surface area contributed by atoms with E-state index in [2.05, 4.69) is 6.92 Å². The Labute approximate surface area is 164 Å². The molecule has 5 heteroatoms. The molecule has 1 N–H and O–H groups in total. The SMILES string of the molecule is CCCCCCCCCCCCCCOC(=O)/C=C/[C@]1(CO)CCC(=O)O1. The summed E-state index contributed by atoms with van der Waals surface area (Å²) in [6.45, 7) is 2.34. The van der Waals surface area contributed by atoms with Crippen LogP contribution in [0.15, 0.2) is 12.2 Å². The van der Waals surface area contributed by atoms with Crippen molar-refractivity contribution in [2.45, 2.75) is 102 Å². The van der Waals surface area contributed by atoms with Crippen molar-refractivity contribution in [3.63, 3.8) is 0 Å². The Balaban J connectivity index is 1.94. The monoisotopic (exact) mass is 382 g/mol. The zero-order valence-corrected chi connectivity index (χ0v) is 17.0. The molecule has 0 unspecified atom stereocenters. The van der Waals surface area contributed by atoms with Crippen LogP contribution in [-0.2, 0) is 19.1 Å². The summed E-state index contributed by atoms with van der Waals surface area (Å²) >= 11 is 0. The van der Waals surface area contributed by atoms with Gasteiger partial charge in [0.2, 0.25) is 0 Å². The first-order valence-corrected chi connectivity index (χ1v) is 10.8. The molecule has 1 heterocycles. The number of carbonyl (C=O) groups excluding carboxylic acids is 2. The van der Waals surface area contributed by atoms with E-state index < -0.39 is 11.6 Å². The van der Waals surface area contributed by atoms with Crippen molar-refractivity contribution >= 4 is 11.9 Å². The summed E-state index contributed by atoms with van der Waals surface area (Å²) in [5.41, 5.74) is -1.05. The van der Waals surface area contributed by atoms with Gasteiger partial charge in [-0.25, -0.2) is 4.79 Å². The van der Waals surface area contributed by atoms with Crippen molar-refractivity contribution < 1.29 is 24.2 Å². The number of ether oxygens (including phenoxy) is 2. The number of esters is 2.